The number of H-pyrrole nitrogens is 1. The number of rotatable bonds is 9. The number of nitrogens with one attached hydrogen (secondary N) is 2. The molecule has 0 aliphatic carbocycles. The minimum atomic E-state index is -0.313. The number of carbonyl (C=O) groups is 1. The maximum absolute atomic E-state index is 12.1. The molecule has 9 heteroatoms. The summed E-state index contributed by atoms with van der Waals surface area (Å²) in [5.41, 5.74) is 4.91. The van der Waals surface area contributed by atoms with Gasteiger partial charge < -0.3 is 24.7 Å². The normalized spacial score (nSPS) is 14.0. The SMILES string of the molecule is Cl.N#Cc1ccc2[nH]cc(CCCCN3CCN(c4ccc5oc(C(=O)NCCO)cc5c4)CC3)c2c1. The van der Waals surface area contributed by atoms with Crippen molar-refractivity contribution in [2.24, 2.45) is 0 Å². The van der Waals surface area contributed by atoms with E-state index in [0.717, 1.165) is 74.0 Å². The Balaban J connectivity index is 0.00000320. The number of fused-ring (bicyclic) bond motifs is 2. The number of aryl methyl sites for hydroxylation is 1. The number of nitriles is 1. The first-order chi connectivity index (χ1) is 17.6. The van der Waals surface area contributed by atoms with Gasteiger partial charge in [-0.25, -0.2) is 0 Å². The number of hydrogen-bond donors (Lipinski definition) is 3. The van der Waals surface area contributed by atoms with Gasteiger partial charge in [0, 0.05) is 60.9 Å². The lowest BCUT2D eigenvalue weighted by Gasteiger charge is -2.36. The van der Waals surface area contributed by atoms with Crippen LogP contribution >= 0.6 is 12.4 Å². The van der Waals surface area contributed by atoms with Gasteiger partial charge in [-0.1, -0.05) is 0 Å². The number of amides is 1. The number of halogens is 1. The third kappa shape index (κ3) is 6.08. The molecule has 3 heterocycles. The van der Waals surface area contributed by atoms with Crippen LogP contribution in [0.25, 0.3) is 21.9 Å². The second kappa shape index (κ2) is 12.2. The number of aliphatic hydroxyl groups excluding tert-OH is 1. The van der Waals surface area contributed by atoms with Crippen LogP contribution in [0.1, 0.15) is 34.5 Å². The van der Waals surface area contributed by atoms with E-state index in [1.807, 2.05) is 24.3 Å². The maximum atomic E-state index is 12.1. The number of piperazine rings is 1. The van der Waals surface area contributed by atoms with Gasteiger partial charge in [-0.3, -0.25) is 9.69 Å². The number of aliphatic hydroxyl groups is 1. The molecule has 1 fully saturated rings. The summed E-state index contributed by atoms with van der Waals surface area (Å²) in [6, 6.07) is 15.9. The molecule has 0 saturated carbocycles. The fourth-order valence-electron chi connectivity index (χ4n) is 4.93. The van der Waals surface area contributed by atoms with Crippen molar-refractivity contribution in [1.29, 1.82) is 5.26 Å². The predicted octanol–water partition coefficient (Wildman–Crippen LogP) is 4.07. The molecule has 5 rings (SSSR count). The molecule has 0 unspecified atom stereocenters. The van der Waals surface area contributed by atoms with Crippen LogP contribution in [0, 0.1) is 11.3 Å². The molecule has 3 N–H and O–H groups in total. The van der Waals surface area contributed by atoms with Crippen LogP contribution in [0.2, 0.25) is 0 Å². The van der Waals surface area contributed by atoms with E-state index in [1.165, 1.54) is 5.56 Å². The van der Waals surface area contributed by atoms with Crippen molar-refractivity contribution >= 4 is 45.9 Å². The van der Waals surface area contributed by atoms with Crippen LogP contribution in [0.15, 0.2) is 53.1 Å². The van der Waals surface area contributed by atoms with Gasteiger partial charge in [0.25, 0.3) is 5.91 Å². The van der Waals surface area contributed by atoms with Gasteiger partial charge in [-0.2, -0.15) is 5.26 Å². The average Bonchev–Trinajstić information content (AvgIpc) is 3.53. The third-order valence-electron chi connectivity index (χ3n) is 6.93. The number of unbranched alkanes of at least 4 members (excludes halogenated alkanes) is 1. The first-order valence-electron chi connectivity index (χ1n) is 12.5. The highest BCUT2D eigenvalue weighted by Gasteiger charge is 2.18. The summed E-state index contributed by atoms with van der Waals surface area (Å²) in [7, 11) is 0. The van der Waals surface area contributed by atoms with E-state index in [0.29, 0.717) is 11.1 Å². The topological polar surface area (TPSA) is 109 Å². The summed E-state index contributed by atoms with van der Waals surface area (Å²) in [4.78, 5) is 20.3. The Morgan fingerprint density at radius 1 is 1.11 bits per heavy atom. The second-order valence-electron chi connectivity index (χ2n) is 9.28. The van der Waals surface area contributed by atoms with Crippen molar-refractivity contribution < 1.29 is 14.3 Å². The molecule has 2 aromatic carbocycles. The standard InChI is InChI=1S/C28H31N5O3.ClH/c29-18-20-4-6-25-24(15-20)21(19-31-25)3-1-2-9-32-10-12-33(13-11-32)23-5-7-26-22(16-23)17-27(36-26)28(35)30-8-14-34;/h4-7,15-17,19,31,34H,1-3,8-14H2,(H,30,35);1H. The molecule has 1 amide bonds. The van der Waals surface area contributed by atoms with Gasteiger partial charge in [0.15, 0.2) is 5.76 Å². The van der Waals surface area contributed by atoms with Gasteiger partial charge in [0.05, 0.1) is 18.2 Å². The van der Waals surface area contributed by atoms with Crippen molar-refractivity contribution in [3.05, 3.63) is 65.5 Å². The Kier molecular flexibility index (Phi) is 8.72. The van der Waals surface area contributed by atoms with E-state index in [2.05, 4.69) is 44.5 Å². The van der Waals surface area contributed by atoms with Gasteiger partial charge >= 0.3 is 0 Å². The number of aromatic nitrogens is 1. The number of nitrogens with zero attached hydrogens (tertiary/aromatic N) is 3. The average molecular weight is 522 g/mol. The fraction of sp³-hybridized carbons (Fsp3) is 0.357. The van der Waals surface area contributed by atoms with Gasteiger partial charge in [0.1, 0.15) is 5.58 Å². The monoisotopic (exact) mass is 521 g/mol. The van der Waals surface area contributed by atoms with Gasteiger partial charge in [-0.05, 0) is 73.8 Å². The van der Waals surface area contributed by atoms with E-state index < -0.39 is 0 Å². The lowest BCUT2D eigenvalue weighted by molar-refractivity contribution is 0.0919. The molecule has 0 spiro atoms. The van der Waals surface area contributed by atoms with E-state index in [4.69, 9.17) is 9.52 Å². The number of benzene rings is 2. The molecule has 1 aliphatic heterocycles. The summed E-state index contributed by atoms with van der Waals surface area (Å²) in [5, 5.41) is 22.8. The van der Waals surface area contributed by atoms with E-state index in [9.17, 15) is 10.1 Å². The largest absolute Gasteiger partial charge is 0.451 e. The summed E-state index contributed by atoms with van der Waals surface area (Å²) >= 11 is 0. The summed E-state index contributed by atoms with van der Waals surface area (Å²) < 4.78 is 5.67. The molecule has 1 saturated heterocycles. The first kappa shape index (κ1) is 26.6. The van der Waals surface area contributed by atoms with Gasteiger partial charge in [-0.15, -0.1) is 12.4 Å². The summed E-state index contributed by atoms with van der Waals surface area (Å²) in [6.07, 6.45) is 5.35. The summed E-state index contributed by atoms with van der Waals surface area (Å²) in [6.45, 7) is 5.17. The summed E-state index contributed by atoms with van der Waals surface area (Å²) in [5.74, 6) is -0.0504. The highest BCUT2D eigenvalue weighted by atomic mass is 35.5. The van der Waals surface area contributed by atoms with Crippen molar-refractivity contribution in [3.8, 4) is 6.07 Å². The Morgan fingerprint density at radius 3 is 2.73 bits per heavy atom. The zero-order valence-corrected chi connectivity index (χ0v) is 21.5. The number of aromatic amines is 1. The van der Waals surface area contributed by atoms with E-state index in [-0.39, 0.29) is 37.2 Å². The first-order valence-corrected chi connectivity index (χ1v) is 12.5. The predicted molar refractivity (Wildman–Crippen MR) is 147 cm³/mol. The quantitative estimate of drug-likeness (QED) is 0.286. The van der Waals surface area contributed by atoms with Crippen molar-refractivity contribution in [2.75, 3.05) is 50.8 Å². The van der Waals surface area contributed by atoms with Crippen LogP contribution in [0.5, 0.6) is 0 Å². The third-order valence-corrected chi connectivity index (χ3v) is 6.93. The molecule has 4 aromatic rings. The number of anilines is 1. The molecule has 0 radical (unpaired) electrons. The lowest BCUT2D eigenvalue weighted by Crippen LogP contribution is -2.46. The van der Waals surface area contributed by atoms with Crippen molar-refractivity contribution in [2.45, 2.75) is 19.3 Å². The van der Waals surface area contributed by atoms with E-state index in [1.54, 1.807) is 6.07 Å². The minimum Gasteiger partial charge on any atom is -0.451 e. The molecule has 0 bridgehead atoms. The van der Waals surface area contributed by atoms with Crippen LogP contribution < -0.4 is 10.2 Å². The highest BCUT2D eigenvalue weighted by molar-refractivity contribution is 5.96. The lowest BCUT2D eigenvalue weighted by atomic mass is 10.1. The Labute approximate surface area is 222 Å². The highest BCUT2D eigenvalue weighted by Crippen LogP contribution is 2.26. The van der Waals surface area contributed by atoms with Gasteiger partial charge in [0.2, 0.25) is 0 Å². The zero-order chi connectivity index (χ0) is 24.9. The second-order valence-corrected chi connectivity index (χ2v) is 9.28. The van der Waals surface area contributed by atoms with Crippen LogP contribution in [-0.2, 0) is 6.42 Å². The molecule has 194 valence electrons. The van der Waals surface area contributed by atoms with Crippen LogP contribution in [0.3, 0.4) is 0 Å². The Bertz CT molecular complexity index is 1400. The molecular weight excluding hydrogens is 490 g/mol. The molecule has 2 aromatic heterocycles. The smallest absolute Gasteiger partial charge is 0.287 e. The van der Waals surface area contributed by atoms with Crippen LogP contribution in [0.4, 0.5) is 5.69 Å². The minimum absolute atomic E-state index is 0. The Hall–Kier alpha value is -3.51. The van der Waals surface area contributed by atoms with Crippen LogP contribution in [-0.4, -0.2) is 66.8 Å². The van der Waals surface area contributed by atoms with Crippen molar-refractivity contribution in [1.82, 2.24) is 15.2 Å². The number of hydrogen-bond acceptors (Lipinski definition) is 6. The molecule has 1 aliphatic rings. The van der Waals surface area contributed by atoms with E-state index >= 15 is 0 Å². The Morgan fingerprint density at radius 2 is 1.95 bits per heavy atom. The zero-order valence-electron chi connectivity index (χ0n) is 20.7. The molecular formula is C28H32ClN5O3. The molecule has 37 heavy (non-hydrogen) atoms. The van der Waals surface area contributed by atoms with Crippen molar-refractivity contribution in [3.63, 3.8) is 0 Å². The number of carbonyl (C=O) groups excluding carboxylic acids is 1. The fourth-order valence-corrected chi connectivity index (χ4v) is 4.93. The molecule has 0 atom stereocenters. The maximum Gasteiger partial charge on any atom is 0.287 e. The molecule has 8 nitrogen and oxygen atoms in total. The number of furan rings is 1.